The number of nitrogens with one attached hydrogen (secondary N) is 8. The van der Waals surface area contributed by atoms with Crippen molar-refractivity contribution < 1.29 is 63.3 Å². The summed E-state index contributed by atoms with van der Waals surface area (Å²) in [5.41, 5.74) is 16.0. The van der Waals surface area contributed by atoms with Gasteiger partial charge in [-0.3, -0.25) is 48.1 Å². The van der Waals surface area contributed by atoms with Crippen LogP contribution in [0.25, 0.3) is 0 Å². The number of aliphatic hydroxyl groups excluding tert-OH is 2. The highest BCUT2D eigenvalue weighted by atomic mass is 32.2. The van der Waals surface area contributed by atoms with E-state index in [2.05, 4.69) is 47.5 Å². The summed E-state index contributed by atoms with van der Waals surface area (Å²) in [5.74, 6) is -8.60. The van der Waals surface area contributed by atoms with Crippen LogP contribution in [-0.2, 0) is 47.9 Å². The molecule has 17 N–H and O–H groups in total. The molecule has 2 saturated heterocycles. The zero-order valence-electron chi connectivity index (χ0n) is 36.8. The van der Waals surface area contributed by atoms with Gasteiger partial charge in [-0.1, -0.05) is 0 Å². The molecule has 0 spiro atoms. The summed E-state index contributed by atoms with van der Waals surface area (Å²) in [5, 5.41) is 48.9. The Bertz CT molecular complexity index is 1730. The number of aliphatic hydroxyl groups is 2. The number of carboxylic acid groups (broad SMARTS) is 1. The van der Waals surface area contributed by atoms with Crippen LogP contribution in [0.5, 0.6) is 0 Å². The molecule has 65 heavy (non-hydrogen) atoms. The number of hydrogen-bond acceptors (Lipinski definition) is 15. The van der Waals surface area contributed by atoms with Crippen molar-refractivity contribution in [3.63, 3.8) is 0 Å². The van der Waals surface area contributed by atoms with Crippen molar-refractivity contribution in [1.82, 2.24) is 47.4 Å². The van der Waals surface area contributed by atoms with Gasteiger partial charge in [0, 0.05) is 19.5 Å². The molecule has 2 aliphatic heterocycles. The van der Waals surface area contributed by atoms with Gasteiger partial charge in [0.05, 0.1) is 25.3 Å². The molecule has 26 nitrogen and oxygen atoms in total. The van der Waals surface area contributed by atoms with Crippen LogP contribution in [0.2, 0.25) is 0 Å². The second-order valence-electron chi connectivity index (χ2n) is 15.6. The van der Waals surface area contributed by atoms with Crippen molar-refractivity contribution in [2.75, 3.05) is 44.8 Å². The molecule has 0 saturated carbocycles. The number of carbonyl (C=O) groups excluding carboxylic acids is 9. The van der Waals surface area contributed by atoms with Gasteiger partial charge >= 0.3 is 5.97 Å². The molecule has 0 bridgehead atoms. The molecule has 0 radical (unpaired) electrons. The lowest BCUT2D eigenvalue weighted by molar-refractivity contribution is -0.143. The summed E-state index contributed by atoms with van der Waals surface area (Å²) in [6.45, 7) is 1.91. The van der Waals surface area contributed by atoms with Gasteiger partial charge in [-0.2, -0.15) is 11.8 Å². The highest BCUT2D eigenvalue weighted by Gasteiger charge is 2.40. The molecular weight excluding hydrogens is 879 g/mol. The summed E-state index contributed by atoms with van der Waals surface area (Å²) >= 11 is 1.34. The minimum Gasteiger partial charge on any atom is -0.480 e. The minimum atomic E-state index is -1.67. The second kappa shape index (κ2) is 28.2. The third kappa shape index (κ3) is 19.1. The van der Waals surface area contributed by atoms with E-state index in [1.165, 1.54) is 30.5 Å². The minimum absolute atomic E-state index is 0.0566. The predicted molar refractivity (Wildman–Crippen MR) is 234 cm³/mol. The van der Waals surface area contributed by atoms with E-state index < -0.39 is 121 Å². The van der Waals surface area contributed by atoms with Crippen LogP contribution in [0.1, 0.15) is 71.6 Å². The number of thioether (sulfide) groups is 1. The molecule has 0 aromatic rings. The van der Waals surface area contributed by atoms with E-state index in [-0.39, 0.29) is 50.5 Å². The summed E-state index contributed by atoms with van der Waals surface area (Å²) in [6.07, 6.45) is 1.99. The van der Waals surface area contributed by atoms with Crippen molar-refractivity contribution in [3.8, 4) is 0 Å². The van der Waals surface area contributed by atoms with Gasteiger partial charge in [0.2, 0.25) is 53.2 Å². The monoisotopic (exact) mass is 943 g/mol. The van der Waals surface area contributed by atoms with Crippen LogP contribution in [0, 0.1) is 0 Å². The van der Waals surface area contributed by atoms with Crippen molar-refractivity contribution in [2.45, 2.75) is 126 Å². The number of aliphatic imine (C=N–C) groups is 1. The number of rotatable bonds is 28. The SMILES string of the molecule is CSCC[C@H](NC(=O)[C@H](C)NC(=O)CNC(=O)[C@H](CCC(N)=O)NC(=O)[C@@H](NC(=O)[C@@H]1CCCN1C(=O)[C@@H]1CCCN1)[C@@H](C)O)C(=O)N[C@@H](CCCN=C(N)N)C(=O)N[C@@H](CO)C(=O)O. The average Bonchev–Trinajstić information content (AvgIpc) is 3.98. The van der Waals surface area contributed by atoms with Gasteiger partial charge < -0.3 is 80.0 Å². The van der Waals surface area contributed by atoms with E-state index in [0.29, 0.717) is 38.1 Å². The van der Waals surface area contributed by atoms with E-state index in [4.69, 9.17) is 17.2 Å². The Morgan fingerprint density at radius 2 is 1.40 bits per heavy atom. The lowest BCUT2D eigenvalue weighted by Crippen LogP contribution is -2.60. The van der Waals surface area contributed by atoms with Crippen LogP contribution < -0.4 is 59.7 Å². The van der Waals surface area contributed by atoms with Gasteiger partial charge in [0.15, 0.2) is 5.96 Å². The highest BCUT2D eigenvalue weighted by Crippen LogP contribution is 2.21. The van der Waals surface area contributed by atoms with E-state index in [9.17, 15) is 63.3 Å². The Morgan fingerprint density at radius 1 is 0.785 bits per heavy atom. The number of amides is 9. The lowest BCUT2D eigenvalue weighted by Gasteiger charge is -2.29. The van der Waals surface area contributed by atoms with Gasteiger partial charge in [-0.15, -0.1) is 0 Å². The third-order valence-electron chi connectivity index (χ3n) is 10.4. The first-order valence-corrected chi connectivity index (χ1v) is 22.6. The van der Waals surface area contributed by atoms with E-state index >= 15 is 0 Å². The second-order valence-corrected chi connectivity index (χ2v) is 16.6. The first kappa shape index (κ1) is 55.3. The molecule has 0 aliphatic carbocycles. The molecule has 2 fully saturated rings. The number of guanidine groups is 1. The Morgan fingerprint density at radius 3 is 1.97 bits per heavy atom. The van der Waals surface area contributed by atoms with Crippen molar-refractivity contribution in [1.29, 1.82) is 0 Å². The topological polar surface area (TPSA) is 421 Å². The van der Waals surface area contributed by atoms with Crippen LogP contribution in [0.3, 0.4) is 0 Å². The van der Waals surface area contributed by atoms with Crippen LogP contribution in [-0.4, -0.2) is 185 Å². The van der Waals surface area contributed by atoms with Crippen LogP contribution in [0.4, 0.5) is 0 Å². The Balaban J connectivity index is 2.08. The molecule has 2 rings (SSSR count). The zero-order chi connectivity index (χ0) is 48.8. The molecule has 27 heteroatoms. The summed E-state index contributed by atoms with van der Waals surface area (Å²) in [6, 6.07) is -9.98. The largest absolute Gasteiger partial charge is 0.480 e. The van der Waals surface area contributed by atoms with Crippen LogP contribution >= 0.6 is 11.8 Å². The van der Waals surface area contributed by atoms with Crippen molar-refractivity contribution in [2.24, 2.45) is 22.2 Å². The zero-order valence-corrected chi connectivity index (χ0v) is 37.6. The molecule has 0 aromatic carbocycles. The normalized spacial score (nSPS) is 18.8. The standard InChI is InChI=1S/C38H65N13O13S/c1-19(30(56)46-23(12-16-65-3)33(59)47-21(7-4-14-43-38(40)41)32(58)49-25(18-52)37(63)64)45-28(55)17-44-31(57)22(10-11-27(39)54)48-35(61)29(20(2)53)50-34(60)26-9-6-15-51(26)36(62)24-8-5-13-42-24/h19-26,29,42,52-53H,4-18H2,1-3H3,(H2,39,54)(H,44,57)(H,45,55)(H,46,56)(H,47,59)(H,48,61)(H,49,58)(H,50,60)(H,63,64)(H4,40,41,43)/t19-,20+,21-,22-,23-,24-,25-,26-,29-/m0/s1. The number of carboxylic acids is 1. The molecule has 0 unspecified atom stereocenters. The number of nitrogens with zero attached hydrogens (tertiary/aromatic N) is 2. The van der Waals surface area contributed by atoms with E-state index in [1.54, 1.807) is 6.26 Å². The number of carbonyl (C=O) groups is 10. The molecule has 9 amide bonds. The first-order valence-electron chi connectivity index (χ1n) is 21.2. The fourth-order valence-corrected chi connectivity index (χ4v) is 7.29. The third-order valence-corrected chi connectivity index (χ3v) is 11.0. The lowest BCUT2D eigenvalue weighted by atomic mass is 10.1. The van der Waals surface area contributed by atoms with Gasteiger partial charge in [0.1, 0.15) is 42.3 Å². The molecule has 366 valence electrons. The maximum Gasteiger partial charge on any atom is 0.328 e. The van der Waals surface area contributed by atoms with Crippen LogP contribution in [0.15, 0.2) is 4.99 Å². The molecule has 9 atom stereocenters. The fraction of sp³-hybridized carbons (Fsp3) is 0.711. The summed E-state index contributed by atoms with van der Waals surface area (Å²) < 4.78 is 0. The highest BCUT2D eigenvalue weighted by molar-refractivity contribution is 7.98. The number of likely N-dealkylation sites (tertiary alicyclic amines) is 1. The van der Waals surface area contributed by atoms with E-state index in [0.717, 1.165) is 6.42 Å². The van der Waals surface area contributed by atoms with Gasteiger partial charge in [0.25, 0.3) is 0 Å². The first-order chi connectivity index (χ1) is 30.7. The quantitative estimate of drug-likeness (QED) is 0.0197. The fourth-order valence-electron chi connectivity index (χ4n) is 6.82. The molecule has 2 aliphatic rings. The van der Waals surface area contributed by atoms with Gasteiger partial charge in [-0.25, -0.2) is 4.79 Å². The maximum absolute atomic E-state index is 13.5. The number of primary amides is 1. The Hall–Kier alpha value is -5.80. The average molecular weight is 944 g/mol. The Kier molecular flexibility index (Phi) is 24.0. The number of aliphatic carboxylic acids is 1. The number of hydrogen-bond donors (Lipinski definition) is 14. The smallest absolute Gasteiger partial charge is 0.328 e. The van der Waals surface area contributed by atoms with Crippen molar-refractivity contribution >= 4 is 76.9 Å². The summed E-state index contributed by atoms with van der Waals surface area (Å²) in [4.78, 5) is 134. The number of nitrogens with two attached hydrogens (primary N) is 3. The molecule has 2 heterocycles. The van der Waals surface area contributed by atoms with Gasteiger partial charge in [-0.05, 0) is 83.8 Å². The summed E-state index contributed by atoms with van der Waals surface area (Å²) in [7, 11) is 0. The molecule has 0 aromatic heterocycles. The molecular formula is C38H65N13O13S. The maximum atomic E-state index is 13.5. The van der Waals surface area contributed by atoms with Crippen molar-refractivity contribution in [3.05, 3.63) is 0 Å². The Labute approximate surface area is 379 Å². The van der Waals surface area contributed by atoms with E-state index in [1.807, 2.05) is 0 Å². The predicted octanol–water partition coefficient (Wildman–Crippen LogP) is -6.70.